The monoisotopic (exact) mass is 244 g/mol. The Morgan fingerprint density at radius 2 is 2.17 bits per heavy atom. The fourth-order valence-corrected chi connectivity index (χ4v) is 2.16. The van der Waals surface area contributed by atoms with E-state index in [2.05, 4.69) is 23.9 Å². The van der Waals surface area contributed by atoms with Gasteiger partial charge in [-0.15, -0.1) is 0 Å². The first kappa shape index (κ1) is 12.4. The van der Waals surface area contributed by atoms with Crippen LogP contribution in [-0.4, -0.2) is 14.6 Å². The predicted molar refractivity (Wildman–Crippen MR) is 68.6 cm³/mol. The van der Waals surface area contributed by atoms with Gasteiger partial charge < -0.3 is 0 Å². The Bertz CT molecular complexity index is 671. The lowest BCUT2D eigenvalue weighted by molar-refractivity contribution is 0.600. The molecule has 0 bridgehead atoms. The second-order valence-corrected chi connectivity index (χ2v) is 4.44. The van der Waals surface area contributed by atoms with Crippen LogP contribution in [0.5, 0.6) is 0 Å². The van der Waals surface area contributed by atoms with Gasteiger partial charge in [0.2, 0.25) is 0 Å². The number of nitrogens with one attached hydrogen (secondary N) is 1. The molecule has 0 spiro atoms. The van der Waals surface area contributed by atoms with Crippen LogP contribution in [0, 0.1) is 18.3 Å². The van der Waals surface area contributed by atoms with Crippen molar-refractivity contribution in [3.05, 3.63) is 33.4 Å². The minimum absolute atomic E-state index is 0.173. The van der Waals surface area contributed by atoms with E-state index in [1.807, 2.05) is 6.07 Å². The van der Waals surface area contributed by atoms with Gasteiger partial charge in [0.25, 0.3) is 5.56 Å². The zero-order valence-electron chi connectivity index (χ0n) is 10.8. The zero-order valence-corrected chi connectivity index (χ0v) is 10.8. The van der Waals surface area contributed by atoms with Gasteiger partial charge in [-0.2, -0.15) is 9.78 Å². The molecule has 0 aliphatic carbocycles. The minimum atomic E-state index is -0.322. The third-order valence-corrected chi connectivity index (χ3v) is 3.33. The Kier molecular flexibility index (Phi) is 3.19. The third-order valence-electron chi connectivity index (χ3n) is 3.33. The topological polar surface area (TPSA) is 73.9 Å². The summed E-state index contributed by atoms with van der Waals surface area (Å²) in [5.74, 6) is 1.13. The van der Waals surface area contributed by atoms with Gasteiger partial charge in [-0.25, -0.2) is 4.98 Å². The van der Waals surface area contributed by atoms with Gasteiger partial charge in [-0.05, 0) is 31.4 Å². The van der Waals surface area contributed by atoms with Crippen LogP contribution in [-0.2, 0) is 0 Å². The molecular formula is C13H16N4O. The van der Waals surface area contributed by atoms with Crippen molar-refractivity contribution >= 4 is 5.65 Å². The Labute approximate surface area is 105 Å². The zero-order chi connectivity index (χ0) is 13.3. The molecule has 0 aliphatic heterocycles. The highest BCUT2D eigenvalue weighted by atomic mass is 16.1. The summed E-state index contributed by atoms with van der Waals surface area (Å²) in [6, 6.07) is 3.71. The predicted octanol–water partition coefficient (Wildman–Crippen LogP) is 2.11. The number of hydrogen-bond donors (Lipinski definition) is 1. The van der Waals surface area contributed by atoms with Gasteiger partial charge in [0, 0.05) is 5.92 Å². The van der Waals surface area contributed by atoms with Crippen LogP contribution in [0.1, 0.15) is 49.6 Å². The molecule has 0 saturated carbocycles. The molecular weight excluding hydrogens is 228 g/mol. The van der Waals surface area contributed by atoms with Crippen LogP contribution in [0.15, 0.2) is 10.9 Å². The summed E-state index contributed by atoms with van der Waals surface area (Å²) in [7, 11) is 0. The van der Waals surface area contributed by atoms with Crippen LogP contribution in [0.4, 0.5) is 0 Å². The summed E-state index contributed by atoms with van der Waals surface area (Å²) in [6.45, 7) is 5.94. The molecule has 0 aliphatic rings. The minimum Gasteiger partial charge on any atom is -0.276 e. The number of H-pyrrole nitrogens is 1. The van der Waals surface area contributed by atoms with E-state index < -0.39 is 0 Å². The van der Waals surface area contributed by atoms with Crippen molar-refractivity contribution < 1.29 is 0 Å². The van der Waals surface area contributed by atoms with E-state index in [1.54, 1.807) is 13.0 Å². The maximum atomic E-state index is 12.1. The molecule has 18 heavy (non-hydrogen) atoms. The number of aromatic nitrogens is 3. The molecule has 0 unspecified atom stereocenters. The second-order valence-electron chi connectivity index (χ2n) is 4.44. The Morgan fingerprint density at radius 3 is 2.72 bits per heavy atom. The van der Waals surface area contributed by atoms with Crippen molar-refractivity contribution in [2.45, 2.75) is 39.5 Å². The average Bonchev–Trinajstić information content (AvgIpc) is 2.75. The molecule has 0 radical (unpaired) electrons. The number of nitrogens with zero attached hydrogens (tertiary/aromatic N) is 3. The van der Waals surface area contributed by atoms with Gasteiger partial charge >= 0.3 is 0 Å². The highest BCUT2D eigenvalue weighted by Crippen LogP contribution is 2.20. The van der Waals surface area contributed by atoms with Crippen LogP contribution < -0.4 is 5.56 Å². The Morgan fingerprint density at radius 1 is 1.50 bits per heavy atom. The number of nitriles is 1. The summed E-state index contributed by atoms with van der Waals surface area (Å²) < 4.78 is 1.36. The first-order valence-corrected chi connectivity index (χ1v) is 6.14. The van der Waals surface area contributed by atoms with Crippen molar-refractivity contribution in [3.63, 3.8) is 0 Å². The summed E-state index contributed by atoms with van der Waals surface area (Å²) in [5, 5.41) is 12.0. The summed E-state index contributed by atoms with van der Waals surface area (Å²) in [6.07, 6.45) is 1.93. The number of fused-ring (bicyclic) bond motifs is 1. The number of rotatable bonds is 3. The van der Waals surface area contributed by atoms with Crippen molar-refractivity contribution in [1.29, 1.82) is 5.26 Å². The van der Waals surface area contributed by atoms with E-state index in [9.17, 15) is 4.79 Å². The summed E-state index contributed by atoms with van der Waals surface area (Å²) in [4.78, 5) is 16.5. The molecule has 2 aromatic rings. The van der Waals surface area contributed by atoms with Crippen molar-refractivity contribution in [1.82, 2.24) is 14.6 Å². The second kappa shape index (κ2) is 4.65. The Balaban J connectivity index is 2.70. The number of aryl methyl sites for hydroxylation is 1. The summed E-state index contributed by atoms with van der Waals surface area (Å²) >= 11 is 0. The van der Waals surface area contributed by atoms with Crippen LogP contribution in [0.25, 0.3) is 5.65 Å². The molecule has 0 amide bonds. The molecule has 94 valence electrons. The maximum absolute atomic E-state index is 12.1. The summed E-state index contributed by atoms with van der Waals surface area (Å²) in [5.41, 5.74) is 1.10. The first-order chi connectivity index (χ1) is 8.62. The SMILES string of the molecule is CCC(CC)c1nc2cc(C)c(C#N)c(=O)n2[nH]1. The molecule has 1 N–H and O–H groups in total. The molecule has 5 heteroatoms. The van der Waals surface area contributed by atoms with Gasteiger partial charge in [0.1, 0.15) is 17.5 Å². The van der Waals surface area contributed by atoms with E-state index in [0.717, 1.165) is 18.7 Å². The maximum Gasteiger partial charge on any atom is 0.289 e. The van der Waals surface area contributed by atoms with Crippen LogP contribution in [0.2, 0.25) is 0 Å². The first-order valence-electron chi connectivity index (χ1n) is 6.14. The van der Waals surface area contributed by atoms with Gasteiger partial charge in [-0.3, -0.25) is 9.89 Å². The van der Waals surface area contributed by atoms with E-state index in [4.69, 9.17) is 5.26 Å². The number of pyridine rings is 1. The fraction of sp³-hybridized carbons (Fsp3) is 0.462. The van der Waals surface area contributed by atoms with Gasteiger partial charge in [-0.1, -0.05) is 13.8 Å². The lowest BCUT2D eigenvalue weighted by atomic mass is 10.0. The lowest BCUT2D eigenvalue weighted by Gasteiger charge is -2.06. The van der Waals surface area contributed by atoms with Crippen molar-refractivity contribution in [2.24, 2.45) is 0 Å². The molecule has 0 saturated heterocycles. The molecule has 2 aromatic heterocycles. The number of aromatic amines is 1. The largest absolute Gasteiger partial charge is 0.289 e. The van der Waals surface area contributed by atoms with Gasteiger partial charge in [0.15, 0.2) is 5.65 Å². The van der Waals surface area contributed by atoms with Crippen molar-refractivity contribution in [3.8, 4) is 6.07 Å². The quantitative estimate of drug-likeness (QED) is 0.898. The Hall–Kier alpha value is -2.09. The third kappa shape index (κ3) is 1.80. The highest BCUT2D eigenvalue weighted by molar-refractivity contribution is 5.47. The molecule has 5 nitrogen and oxygen atoms in total. The van der Waals surface area contributed by atoms with Gasteiger partial charge in [0.05, 0.1) is 0 Å². The van der Waals surface area contributed by atoms with E-state index in [0.29, 0.717) is 17.1 Å². The lowest BCUT2D eigenvalue weighted by Crippen LogP contribution is -2.18. The standard InChI is InChI=1S/C13H16N4O/c1-4-9(5-2)12-15-11-6-8(3)10(7-14)13(18)17(11)16-12/h6,9H,4-5H2,1-3H3,(H,15,16). The molecule has 0 aromatic carbocycles. The van der Waals surface area contributed by atoms with Crippen molar-refractivity contribution in [2.75, 3.05) is 0 Å². The van der Waals surface area contributed by atoms with E-state index in [1.165, 1.54) is 4.52 Å². The molecule has 0 fully saturated rings. The molecule has 2 heterocycles. The normalized spacial score (nSPS) is 11.1. The number of hydrogen-bond acceptors (Lipinski definition) is 3. The van der Waals surface area contributed by atoms with Crippen LogP contribution >= 0.6 is 0 Å². The van der Waals surface area contributed by atoms with E-state index >= 15 is 0 Å². The van der Waals surface area contributed by atoms with E-state index in [-0.39, 0.29) is 11.1 Å². The highest BCUT2D eigenvalue weighted by Gasteiger charge is 2.15. The molecule has 0 atom stereocenters. The van der Waals surface area contributed by atoms with Crippen LogP contribution in [0.3, 0.4) is 0 Å². The fourth-order valence-electron chi connectivity index (χ4n) is 2.16. The molecule has 2 rings (SSSR count). The smallest absolute Gasteiger partial charge is 0.276 e. The average molecular weight is 244 g/mol.